The first-order valence-corrected chi connectivity index (χ1v) is 4.52. The normalized spacial score (nSPS) is 13.5. The lowest BCUT2D eigenvalue weighted by Gasteiger charge is -2.04. The Kier molecular flexibility index (Phi) is 2.85. The summed E-state index contributed by atoms with van der Waals surface area (Å²) in [6.45, 7) is -0.000880. The number of hydrogen-bond donors (Lipinski definition) is 2. The van der Waals surface area contributed by atoms with E-state index in [1.807, 2.05) is 11.4 Å². The summed E-state index contributed by atoms with van der Waals surface area (Å²) in [4.78, 5) is 1.00. The highest BCUT2D eigenvalue weighted by molar-refractivity contribution is 9.10. The third-order valence-corrected chi connectivity index (χ3v) is 3.18. The molecule has 0 fully saturated rings. The number of aliphatic hydroxyl groups excluding tert-OH is 1. The van der Waals surface area contributed by atoms with Gasteiger partial charge in [-0.2, -0.15) is 0 Å². The molecule has 2 nitrogen and oxygen atoms in total. The zero-order valence-corrected chi connectivity index (χ0v) is 7.65. The average Bonchev–Trinajstić information content (AvgIpc) is 2.34. The lowest BCUT2D eigenvalue weighted by molar-refractivity contribution is 0.269. The van der Waals surface area contributed by atoms with E-state index in [4.69, 9.17) is 10.8 Å². The molecule has 0 aliphatic rings. The van der Waals surface area contributed by atoms with E-state index >= 15 is 0 Å². The van der Waals surface area contributed by atoms with E-state index in [0.29, 0.717) is 0 Å². The van der Waals surface area contributed by atoms with Gasteiger partial charge in [-0.25, -0.2) is 0 Å². The van der Waals surface area contributed by atoms with Crippen LogP contribution in [0, 0.1) is 0 Å². The molecule has 0 unspecified atom stereocenters. The van der Waals surface area contributed by atoms with Gasteiger partial charge in [0.25, 0.3) is 0 Å². The average molecular weight is 222 g/mol. The van der Waals surface area contributed by atoms with Crippen LogP contribution in [-0.2, 0) is 0 Å². The number of hydrogen-bond acceptors (Lipinski definition) is 3. The second-order valence-corrected chi connectivity index (χ2v) is 3.72. The molecule has 0 aromatic carbocycles. The molecule has 0 amide bonds. The molecule has 0 bridgehead atoms. The second kappa shape index (κ2) is 3.48. The molecule has 56 valence electrons. The third-order valence-electron chi connectivity index (χ3n) is 1.18. The lowest BCUT2D eigenvalue weighted by atomic mass is 10.3. The molecule has 0 aliphatic heterocycles. The molecule has 1 heterocycles. The van der Waals surface area contributed by atoms with Gasteiger partial charge in [-0.3, -0.25) is 0 Å². The Morgan fingerprint density at radius 1 is 1.80 bits per heavy atom. The molecule has 1 aromatic rings. The summed E-state index contributed by atoms with van der Waals surface area (Å²) in [5.74, 6) is 0. The van der Waals surface area contributed by atoms with Gasteiger partial charge in [0.1, 0.15) is 0 Å². The third kappa shape index (κ3) is 1.58. The van der Waals surface area contributed by atoms with Gasteiger partial charge in [0.15, 0.2) is 0 Å². The van der Waals surface area contributed by atoms with Crippen molar-refractivity contribution in [1.82, 2.24) is 0 Å². The number of nitrogens with two attached hydrogens (primary N) is 1. The first-order valence-electron chi connectivity index (χ1n) is 2.85. The zero-order valence-electron chi connectivity index (χ0n) is 5.25. The summed E-state index contributed by atoms with van der Waals surface area (Å²) in [6, 6.07) is 1.68. The van der Waals surface area contributed by atoms with Gasteiger partial charge in [-0.1, -0.05) is 0 Å². The van der Waals surface area contributed by atoms with Gasteiger partial charge in [0.2, 0.25) is 0 Å². The van der Waals surface area contributed by atoms with Crippen molar-refractivity contribution in [2.75, 3.05) is 6.61 Å². The van der Waals surface area contributed by atoms with Gasteiger partial charge < -0.3 is 10.8 Å². The molecular weight excluding hydrogens is 214 g/mol. The number of thiophene rings is 1. The Balaban J connectivity index is 2.82. The summed E-state index contributed by atoms with van der Waals surface area (Å²) in [5.41, 5.74) is 5.57. The monoisotopic (exact) mass is 221 g/mol. The van der Waals surface area contributed by atoms with Crippen LogP contribution in [0.5, 0.6) is 0 Å². The highest BCUT2D eigenvalue weighted by Gasteiger charge is 2.08. The summed E-state index contributed by atoms with van der Waals surface area (Å²) in [5, 5.41) is 10.6. The first kappa shape index (κ1) is 8.20. The van der Waals surface area contributed by atoms with Crippen LogP contribution in [0.1, 0.15) is 10.9 Å². The fraction of sp³-hybridized carbons (Fsp3) is 0.333. The second-order valence-electron chi connectivity index (χ2n) is 1.92. The molecule has 0 radical (unpaired) electrons. The van der Waals surface area contributed by atoms with Crippen molar-refractivity contribution in [2.45, 2.75) is 6.04 Å². The summed E-state index contributed by atoms with van der Waals surface area (Å²) < 4.78 is 0.985. The predicted octanol–water partition coefficient (Wildman–Crippen LogP) is 1.50. The molecule has 1 atom stereocenters. The Bertz CT molecular complexity index is 213. The largest absolute Gasteiger partial charge is 0.394 e. The van der Waals surface area contributed by atoms with E-state index in [9.17, 15) is 0 Å². The van der Waals surface area contributed by atoms with Crippen molar-refractivity contribution >= 4 is 27.3 Å². The topological polar surface area (TPSA) is 46.2 Å². The Labute approximate surface area is 71.8 Å². The van der Waals surface area contributed by atoms with Crippen LogP contribution < -0.4 is 5.73 Å². The highest BCUT2D eigenvalue weighted by Crippen LogP contribution is 2.27. The quantitative estimate of drug-likeness (QED) is 0.796. The fourth-order valence-electron chi connectivity index (χ4n) is 0.653. The number of halogens is 1. The van der Waals surface area contributed by atoms with Gasteiger partial charge in [-0.05, 0) is 27.4 Å². The first-order chi connectivity index (χ1) is 4.75. The highest BCUT2D eigenvalue weighted by atomic mass is 79.9. The molecule has 10 heavy (non-hydrogen) atoms. The molecule has 0 aliphatic carbocycles. The van der Waals surface area contributed by atoms with Crippen molar-refractivity contribution < 1.29 is 5.11 Å². The van der Waals surface area contributed by atoms with Crippen molar-refractivity contribution in [2.24, 2.45) is 5.73 Å². The molecule has 1 aromatic heterocycles. The minimum atomic E-state index is -0.241. The number of rotatable bonds is 2. The van der Waals surface area contributed by atoms with E-state index in [1.54, 1.807) is 11.3 Å². The van der Waals surface area contributed by atoms with Crippen LogP contribution in [0.25, 0.3) is 0 Å². The van der Waals surface area contributed by atoms with Crippen LogP contribution in [-0.4, -0.2) is 11.7 Å². The SMILES string of the molecule is N[C@@H](CO)c1sccc1Br. The molecule has 3 N–H and O–H groups in total. The van der Waals surface area contributed by atoms with Gasteiger partial charge in [-0.15, -0.1) is 11.3 Å². The lowest BCUT2D eigenvalue weighted by Crippen LogP contribution is -2.13. The molecule has 1 rings (SSSR count). The van der Waals surface area contributed by atoms with E-state index in [2.05, 4.69) is 15.9 Å². The van der Waals surface area contributed by atoms with E-state index in [0.717, 1.165) is 9.35 Å². The molecule has 0 spiro atoms. The van der Waals surface area contributed by atoms with E-state index in [-0.39, 0.29) is 12.6 Å². The smallest absolute Gasteiger partial charge is 0.0636 e. The summed E-state index contributed by atoms with van der Waals surface area (Å²) in [6.07, 6.45) is 0. The minimum absolute atomic E-state index is 0.000880. The van der Waals surface area contributed by atoms with Crippen molar-refractivity contribution in [1.29, 1.82) is 0 Å². The maximum absolute atomic E-state index is 8.69. The zero-order chi connectivity index (χ0) is 7.56. The van der Waals surface area contributed by atoms with Crippen LogP contribution >= 0.6 is 27.3 Å². The van der Waals surface area contributed by atoms with E-state index in [1.165, 1.54) is 0 Å². The predicted molar refractivity (Wildman–Crippen MR) is 46.0 cm³/mol. The molecule has 0 saturated carbocycles. The minimum Gasteiger partial charge on any atom is -0.394 e. The van der Waals surface area contributed by atoms with Crippen LogP contribution in [0.2, 0.25) is 0 Å². The standard InChI is InChI=1S/C6H8BrNOS/c7-4-1-2-10-6(4)5(8)3-9/h1-2,5,9H,3,8H2/t5-/m0/s1. The van der Waals surface area contributed by atoms with Crippen molar-refractivity contribution in [3.05, 3.63) is 20.8 Å². The van der Waals surface area contributed by atoms with Crippen LogP contribution in [0.3, 0.4) is 0 Å². The maximum atomic E-state index is 8.69. The summed E-state index contributed by atoms with van der Waals surface area (Å²) >= 11 is 4.88. The Morgan fingerprint density at radius 2 is 2.50 bits per heavy atom. The molecular formula is C6H8BrNOS. The van der Waals surface area contributed by atoms with Gasteiger partial charge in [0.05, 0.1) is 12.6 Å². The maximum Gasteiger partial charge on any atom is 0.0636 e. The van der Waals surface area contributed by atoms with Crippen LogP contribution in [0.4, 0.5) is 0 Å². The Hall–Kier alpha value is 0.100. The molecule has 0 saturated heterocycles. The van der Waals surface area contributed by atoms with Gasteiger partial charge >= 0.3 is 0 Å². The van der Waals surface area contributed by atoms with Crippen LogP contribution in [0.15, 0.2) is 15.9 Å². The summed E-state index contributed by atoms with van der Waals surface area (Å²) in [7, 11) is 0. The fourth-order valence-corrected chi connectivity index (χ4v) is 2.32. The molecule has 4 heteroatoms. The van der Waals surface area contributed by atoms with Crippen molar-refractivity contribution in [3.8, 4) is 0 Å². The van der Waals surface area contributed by atoms with Crippen molar-refractivity contribution in [3.63, 3.8) is 0 Å². The van der Waals surface area contributed by atoms with E-state index < -0.39 is 0 Å². The number of aliphatic hydroxyl groups is 1. The Morgan fingerprint density at radius 3 is 2.90 bits per heavy atom. The van der Waals surface area contributed by atoms with Gasteiger partial charge in [0, 0.05) is 9.35 Å².